The molecule has 0 saturated heterocycles. The molecule has 3 unspecified atom stereocenters. The summed E-state index contributed by atoms with van der Waals surface area (Å²) in [4.78, 5) is 0. The van der Waals surface area contributed by atoms with Crippen molar-refractivity contribution in [1.29, 1.82) is 0 Å². The number of benzene rings is 1. The van der Waals surface area contributed by atoms with Crippen LogP contribution in [0.25, 0.3) is 0 Å². The molecule has 0 amide bonds. The molecule has 1 aliphatic carbocycles. The second-order valence-electron chi connectivity index (χ2n) is 5.55. The molecule has 2 heteroatoms. The molecule has 0 radical (unpaired) electrons. The smallest absolute Gasteiger partial charge is 0.0622 e. The lowest BCUT2D eigenvalue weighted by molar-refractivity contribution is 0.105. The lowest BCUT2D eigenvalue weighted by Gasteiger charge is -2.19. The fourth-order valence-electron chi connectivity index (χ4n) is 2.76. The summed E-state index contributed by atoms with van der Waals surface area (Å²) in [5, 5.41) is 3.66. The van der Waals surface area contributed by atoms with Gasteiger partial charge in [-0.3, -0.25) is 0 Å². The second-order valence-corrected chi connectivity index (χ2v) is 5.55. The fraction of sp³-hybridized carbons (Fsp3) is 0.647. The van der Waals surface area contributed by atoms with Crippen LogP contribution in [0.3, 0.4) is 0 Å². The van der Waals surface area contributed by atoms with Crippen molar-refractivity contribution in [2.75, 3.05) is 19.8 Å². The minimum atomic E-state index is 0.525. The van der Waals surface area contributed by atoms with Gasteiger partial charge in [-0.15, -0.1) is 0 Å². The van der Waals surface area contributed by atoms with Gasteiger partial charge in [0.2, 0.25) is 0 Å². The highest BCUT2D eigenvalue weighted by molar-refractivity contribution is 5.26. The predicted molar refractivity (Wildman–Crippen MR) is 80.5 cm³/mol. The normalized spacial score (nSPS) is 23.3. The molecule has 0 bridgehead atoms. The number of rotatable bonds is 9. The molecular formula is C17H27NO. The van der Waals surface area contributed by atoms with Crippen LogP contribution in [0.1, 0.15) is 44.6 Å². The van der Waals surface area contributed by atoms with E-state index in [9.17, 15) is 0 Å². The molecule has 1 aromatic carbocycles. The second kappa shape index (κ2) is 7.66. The van der Waals surface area contributed by atoms with E-state index >= 15 is 0 Å². The lowest BCUT2D eigenvalue weighted by Crippen LogP contribution is -2.36. The molecule has 1 saturated carbocycles. The Balaban J connectivity index is 1.85. The average Bonchev–Trinajstić information content (AvgIpc) is 3.24. The summed E-state index contributed by atoms with van der Waals surface area (Å²) in [6.07, 6.45) is 3.60. The molecular weight excluding hydrogens is 234 g/mol. The highest BCUT2D eigenvalue weighted by Gasteiger charge is 2.43. The standard InChI is InChI=1S/C17H27NO/c1-3-10-18-17(13-19-11-4-2)16-12-15(16)14-8-6-5-7-9-14/h5-9,15-18H,3-4,10-13H2,1-2H3. The van der Waals surface area contributed by atoms with Gasteiger partial charge in [-0.25, -0.2) is 0 Å². The van der Waals surface area contributed by atoms with Crippen LogP contribution in [-0.2, 0) is 4.74 Å². The van der Waals surface area contributed by atoms with E-state index in [1.807, 2.05) is 0 Å². The zero-order chi connectivity index (χ0) is 13.5. The van der Waals surface area contributed by atoms with Crippen molar-refractivity contribution < 1.29 is 4.74 Å². The summed E-state index contributed by atoms with van der Waals surface area (Å²) in [5.41, 5.74) is 1.49. The van der Waals surface area contributed by atoms with Gasteiger partial charge in [0.25, 0.3) is 0 Å². The van der Waals surface area contributed by atoms with Crippen LogP contribution in [0.5, 0.6) is 0 Å². The summed E-state index contributed by atoms with van der Waals surface area (Å²) in [5.74, 6) is 1.49. The van der Waals surface area contributed by atoms with Crippen molar-refractivity contribution in [1.82, 2.24) is 5.32 Å². The summed E-state index contributed by atoms with van der Waals surface area (Å²) < 4.78 is 5.77. The van der Waals surface area contributed by atoms with E-state index in [1.54, 1.807) is 0 Å². The van der Waals surface area contributed by atoms with E-state index < -0.39 is 0 Å². The first kappa shape index (κ1) is 14.5. The van der Waals surface area contributed by atoms with Crippen LogP contribution in [0.15, 0.2) is 30.3 Å². The molecule has 1 aromatic rings. The van der Waals surface area contributed by atoms with Crippen LogP contribution in [0.2, 0.25) is 0 Å². The number of hydrogen-bond acceptors (Lipinski definition) is 2. The average molecular weight is 261 g/mol. The van der Waals surface area contributed by atoms with E-state index in [0.717, 1.165) is 38.0 Å². The van der Waals surface area contributed by atoms with E-state index in [1.165, 1.54) is 18.4 Å². The molecule has 1 aliphatic rings. The molecule has 1 fully saturated rings. The molecule has 106 valence electrons. The largest absolute Gasteiger partial charge is 0.380 e. The van der Waals surface area contributed by atoms with Crippen LogP contribution in [0.4, 0.5) is 0 Å². The van der Waals surface area contributed by atoms with E-state index in [-0.39, 0.29) is 0 Å². The van der Waals surface area contributed by atoms with Gasteiger partial charge in [0.15, 0.2) is 0 Å². The van der Waals surface area contributed by atoms with Gasteiger partial charge in [-0.2, -0.15) is 0 Å². The Morgan fingerprint density at radius 2 is 2.00 bits per heavy atom. The summed E-state index contributed by atoms with van der Waals surface area (Å²) in [6, 6.07) is 11.4. The molecule has 1 N–H and O–H groups in total. The third-order valence-corrected chi connectivity index (χ3v) is 3.89. The van der Waals surface area contributed by atoms with Gasteiger partial charge in [0.1, 0.15) is 0 Å². The van der Waals surface area contributed by atoms with Gasteiger partial charge < -0.3 is 10.1 Å². The maximum Gasteiger partial charge on any atom is 0.0622 e. The minimum absolute atomic E-state index is 0.525. The summed E-state index contributed by atoms with van der Waals surface area (Å²) in [6.45, 7) is 7.23. The first-order chi connectivity index (χ1) is 9.36. The first-order valence-corrected chi connectivity index (χ1v) is 7.72. The van der Waals surface area contributed by atoms with Crippen molar-refractivity contribution in [2.24, 2.45) is 5.92 Å². The van der Waals surface area contributed by atoms with Gasteiger partial charge >= 0.3 is 0 Å². The van der Waals surface area contributed by atoms with Crippen LogP contribution < -0.4 is 5.32 Å². The van der Waals surface area contributed by atoms with Crippen molar-refractivity contribution in [3.8, 4) is 0 Å². The molecule has 3 atom stereocenters. The highest BCUT2D eigenvalue weighted by atomic mass is 16.5. The van der Waals surface area contributed by atoms with Gasteiger partial charge in [0, 0.05) is 12.6 Å². The summed E-state index contributed by atoms with van der Waals surface area (Å²) >= 11 is 0. The Morgan fingerprint density at radius 3 is 2.68 bits per heavy atom. The lowest BCUT2D eigenvalue weighted by atomic mass is 10.1. The molecule has 0 spiro atoms. The van der Waals surface area contributed by atoms with Crippen LogP contribution in [0, 0.1) is 5.92 Å². The van der Waals surface area contributed by atoms with E-state index in [2.05, 4.69) is 49.5 Å². The Labute approximate surface area is 117 Å². The van der Waals surface area contributed by atoms with E-state index in [0.29, 0.717) is 6.04 Å². The summed E-state index contributed by atoms with van der Waals surface area (Å²) in [7, 11) is 0. The van der Waals surface area contributed by atoms with Crippen molar-refractivity contribution >= 4 is 0 Å². The van der Waals surface area contributed by atoms with Crippen molar-refractivity contribution in [3.05, 3.63) is 35.9 Å². The van der Waals surface area contributed by atoms with Gasteiger partial charge in [-0.05, 0) is 43.2 Å². The van der Waals surface area contributed by atoms with Crippen LogP contribution >= 0.6 is 0 Å². The van der Waals surface area contributed by atoms with Crippen LogP contribution in [-0.4, -0.2) is 25.8 Å². The molecule has 2 rings (SSSR count). The quantitative estimate of drug-likeness (QED) is 0.686. The fourth-order valence-corrected chi connectivity index (χ4v) is 2.76. The SMILES string of the molecule is CCCNC(COCCC)C1CC1c1ccccc1. The Morgan fingerprint density at radius 1 is 1.21 bits per heavy atom. The van der Waals surface area contributed by atoms with Crippen molar-refractivity contribution in [2.45, 2.75) is 45.1 Å². The number of hydrogen-bond donors (Lipinski definition) is 1. The zero-order valence-corrected chi connectivity index (χ0v) is 12.3. The molecule has 19 heavy (non-hydrogen) atoms. The molecule has 0 aromatic heterocycles. The zero-order valence-electron chi connectivity index (χ0n) is 12.3. The maximum atomic E-state index is 5.77. The molecule has 0 heterocycles. The number of nitrogens with one attached hydrogen (secondary N) is 1. The molecule has 2 nitrogen and oxygen atoms in total. The minimum Gasteiger partial charge on any atom is -0.380 e. The topological polar surface area (TPSA) is 21.3 Å². The maximum absolute atomic E-state index is 5.77. The van der Waals surface area contributed by atoms with Crippen molar-refractivity contribution in [3.63, 3.8) is 0 Å². The van der Waals surface area contributed by atoms with Gasteiger partial charge in [-0.1, -0.05) is 44.2 Å². The third kappa shape index (κ3) is 4.32. The predicted octanol–water partition coefficient (Wildman–Crippen LogP) is 3.58. The highest BCUT2D eigenvalue weighted by Crippen LogP contribution is 2.49. The monoisotopic (exact) mass is 261 g/mol. The Bertz CT molecular complexity index is 352. The Hall–Kier alpha value is -0.860. The Kier molecular flexibility index (Phi) is 5.87. The third-order valence-electron chi connectivity index (χ3n) is 3.89. The molecule has 0 aliphatic heterocycles. The first-order valence-electron chi connectivity index (χ1n) is 7.72. The van der Waals surface area contributed by atoms with E-state index in [4.69, 9.17) is 4.74 Å². The van der Waals surface area contributed by atoms with Gasteiger partial charge in [0.05, 0.1) is 6.61 Å². The number of ether oxygens (including phenoxy) is 1.